The van der Waals surface area contributed by atoms with E-state index in [1.165, 1.54) is 6.92 Å². The summed E-state index contributed by atoms with van der Waals surface area (Å²) in [4.78, 5) is 0. The van der Waals surface area contributed by atoms with Gasteiger partial charge in [-0.3, -0.25) is 4.57 Å². The summed E-state index contributed by atoms with van der Waals surface area (Å²) in [6.45, 7) is 1.19. The molecule has 0 aliphatic carbocycles. The maximum absolute atomic E-state index is 14.3. The topological polar surface area (TPSA) is 25.2 Å². The maximum Gasteiger partial charge on any atom is 0.435 e. The molecule has 0 atom stereocenters. The zero-order chi connectivity index (χ0) is 21.9. The third kappa shape index (κ3) is 3.24. The first-order valence-corrected chi connectivity index (χ1v) is 9.28. The highest BCUT2D eigenvalue weighted by Crippen LogP contribution is 2.53. The van der Waals surface area contributed by atoms with Crippen molar-refractivity contribution in [1.82, 2.24) is 4.57 Å². The molecule has 29 heavy (non-hydrogen) atoms. The fraction of sp³-hybridized carbons (Fsp3) is 0.222. The molecule has 2 nitrogen and oxygen atoms in total. The Morgan fingerprint density at radius 2 is 1.55 bits per heavy atom. The molecule has 0 radical (unpaired) electrons. The fourth-order valence-corrected chi connectivity index (χ4v) is 4.15. The quantitative estimate of drug-likeness (QED) is 0.265. The van der Waals surface area contributed by atoms with Gasteiger partial charge in [-0.2, -0.15) is 26.3 Å². The first-order valence-electron chi connectivity index (χ1n) is 7.83. The monoisotopic (exact) mass is 551 g/mol. The van der Waals surface area contributed by atoms with E-state index < -0.39 is 23.6 Å². The summed E-state index contributed by atoms with van der Waals surface area (Å²) in [5.74, 6) is -0.344. The molecule has 1 N–H and O–H groups in total. The Bertz CT molecular complexity index is 1090. The van der Waals surface area contributed by atoms with Crippen LogP contribution in [-0.4, -0.2) is 22.0 Å². The van der Waals surface area contributed by atoms with Gasteiger partial charge in [-0.1, -0.05) is 35.9 Å². The number of halogens is 9. The van der Waals surface area contributed by atoms with Crippen LogP contribution in [0.25, 0.3) is 16.5 Å². The zero-order valence-corrected chi connectivity index (χ0v) is 17.2. The van der Waals surface area contributed by atoms with Gasteiger partial charge in [0.1, 0.15) is 5.15 Å². The third-order valence-electron chi connectivity index (χ3n) is 4.48. The molecule has 11 heteroatoms. The van der Waals surface area contributed by atoms with E-state index in [1.807, 2.05) is 22.6 Å². The molecular formula is C18H10ClF7INO. The maximum atomic E-state index is 14.3. The Morgan fingerprint density at radius 3 is 2.03 bits per heavy atom. The van der Waals surface area contributed by atoms with E-state index >= 15 is 0 Å². The van der Waals surface area contributed by atoms with Crippen molar-refractivity contribution in [2.24, 2.45) is 0 Å². The van der Waals surface area contributed by atoms with E-state index in [-0.39, 0.29) is 22.3 Å². The van der Waals surface area contributed by atoms with Gasteiger partial charge in [0.25, 0.3) is 0 Å². The van der Waals surface area contributed by atoms with Crippen molar-refractivity contribution in [1.29, 1.82) is 0 Å². The number of aromatic hydroxyl groups is 1. The second-order valence-corrected chi connectivity index (χ2v) is 7.79. The molecule has 0 amide bonds. The Balaban J connectivity index is 2.25. The zero-order valence-electron chi connectivity index (χ0n) is 14.3. The van der Waals surface area contributed by atoms with Crippen molar-refractivity contribution < 1.29 is 35.8 Å². The second kappa shape index (κ2) is 6.93. The average molecular weight is 552 g/mol. The SMILES string of the molecule is Cc1cc(C(F)(C(F)(F)F)C(F)(F)F)ccc1-n1c(Cl)c2cccc(I)c2c1O. The van der Waals surface area contributed by atoms with Crippen LogP contribution in [0.1, 0.15) is 11.1 Å². The summed E-state index contributed by atoms with van der Waals surface area (Å²) in [6.07, 6.45) is -12.4. The molecule has 3 rings (SSSR count). The molecule has 0 aliphatic rings. The molecule has 2 aromatic carbocycles. The Labute approximate surface area is 178 Å². The van der Waals surface area contributed by atoms with Crippen molar-refractivity contribution >= 4 is 45.0 Å². The first kappa shape index (κ1) is 22.0. The first-order chi connectivity index (χ1) is 13.2. The molecule has 0 aliphatic heterocycles. The molecule has 3 aromatic rings. The summed E-state index contributed by atoms with van der Waals surface area (Å²) >= 11 is 8.22. The van der Waals surface area contributed by atoms with Crippen LogP contribution in [0.15, 0.2) is 36.4 Å². The predicted octanol–water partition coefficient (Wildman–Crippen LogP) is 7.19. The Kier molecular flexibility index (Phi) is 5.26. The summed E-state index contributed by atoms with van der Waals surface area (Å²) in [7, 11) is 0. The lowest BCUT2D eigenvalue weighted by Gasteiger charge is -2.30. The van der Waals surface area contributed by atoms with Gasteiger partial charge in [-0.15, -0.1) is 0 Å². The fourth-order valence-electron chi connectivity index (χ4n) is 3.08. The van der Waals surface area contributed by atoms with Gasteiger partial charge in [0.15, 0.2) is 0 Å². The van der Waals surface area contributed by atoms with Crippen LogP contribution in [0.2, 0.25) is 5.15 Å². The van der Waals surface area contributed by atoms with Crippen LogP contribution >= 0.6 is 34.2 Å². The summed E-state index contributed by atoms with van der Waals surface area (Å²) in [5.41, 5.74) is -7.28. The molecular weight excluding hydrogens is 542 g/mol. The Morgan fingerprint density at radius 1 is 0.966 bits per heavy atom. The summed E-state index contributed by atoms with van der Waals surface area (Å²) in [5, 5.41) is 11.4. The molecule has 156 valence electrons. The summed E-state index contributed by atoms with van der Waals surface area (Å²) in [6, 6.07) is 6.63. The molecule has 0 fully saturated rings. The molecule has 0 saturated heterocycles. The van der Waals surface area contributed by atoms with Gasteiger partial charge < -0.3 is 5.11 Å². The third-order valence-corrected chi connectivity index (χ3v) is 5.76. The predicted molar refractivity (Wildman–Crippen MR) is 102 cm³/mol. The number of alkyl halides is 7. The lowest BCUT2D eigenvalue weighted by atomic mass is 9.92. The highest BCUT2D eigenvalue weighted by atomic mass is 127. The van der Waals surface area contributed by atoms with Crippen LogP contribution < -0.4 is 0 Å². The molecule has 1 aromatic heterocycles. The minimum absolute atomic E-state index is 0.00465. The van der Waals surface area contributed by atoms with E-state index in [1.54, 1.807) is 18.2 Å². The van der Waals surface area contributed by atoms with Crippen molar-refractivity contribution in [2.75, 3.05) is 0 Å². The largest absolute Gasteiger partial charge is 0.494 e. The highest BCUT2D eigenvalue weighted by molar-refractivity contribution is 14.1. The molecule has 0 saturated carbocycles. The van der Waals surface area contributed by atoms with Gasteiger partial charge in [0, 0.05) is 14.5 Å². The van der Waals surface area contributed by atoms with Crippen molar-refractivity contribution in [3.05, 3.63) is 56.2 Å². The normalized spacial score (nSPS) is 13.3. The number of benzene rings is 2. The van der Waals surface area contributed by atoms with Gasteiger partial charge in [-0.05, 0) is 47.2 Å². The lowest BCUT2D eigenvalue weighted by molar-refractivity contribution is -0.348. The van der Waals surface area contributed by atoms with Gasteiger partial charge >= 0.3 is 18.0 Å². The number of aromatic nitrogens is 1. The number of nitrogens with zero attached hydrogens (tertiary/aromatic N) is 1. The van der Waals surface area contributed by atoms with E-state index in [9.17, 15) is 35.8 Å². The number of hydrogen-bond donors (Lipinski definition) is 1. The summed E-state index contributed by atoms with van der Waals surface area (Å²) < 4.78 is 94.0. The number of aryl methyl sites for hydroxylation is 1. The lowest BCUT2D eigenvalue weighted by Crippen LogP contribution is -2.50. The van der Waals surface area contributed by atoms with E-state index in [0.717, 1.165) is 10.6 Å². The second-order valence-electron chi connectivity index (χ2n) is 6.27. The number of rotatable bonds is 2. The molecule has 0 spiro atoms. The van der Waals surface area contributed by atoms with E-state index in [4.69, 9.17) is 11.6 Å². The minimum Gasteiger partial charge on any atom is -0.494 e. The smallest absolute Gasteiger partial charge is 0.435 e. The van der Waals surface area contributed by atoms with Crippen molar-refractivity contribution in [3.8, 4) is 11.6 Å². The molecule has 1 heterocycles. The van der Waals surface area contributed by atoms with E-state index in [2.05, 4.69) is 0 Å². The highest BCUT2D eigenvalue weighted by Gasteiger charge is 2.73. The van der Waals surface area contributed by atoms with Crippen LogP contribution in [0.3, 0.4) is 0 Å². The van der Waals surface area contributed by atoms with Crippen molar-refractivity contribution in [2.45, 2.75) is 24.9 Å². The Hall–Kier alpha value is -1.69. The average Bonchev–Trinajstić information content (AvgIpc) is 2.84. The van der Waals surface area contributed by atoms with Crippen molar-refractivity contribution in [3.63, 3.8) is 0 Å². The van der Waals surface area contributed by atoms with Crippen LogP contribution in [0.4, 0.5) is 30.7 Å². The van der Waals surface area contributed by atoms with Crippen LogP contribution in [0, 0.1) is 10.5 Å². The molecule has 0 unspecified atom stereocenters. The van der Waals surface area contributed by atoms with Crippen LogP contribution in [0.5, 0.6) is 5.88 Å². The number of hydrogen-bond acceptors (Lipinski definition) is 1. The van der Waals surface area contributed by atoms with Gasteiger partial charge in [-0.25, -0.2) is 4.39 Å². The van der Waals surface area contributed by atoms with Crippen LogP contribution in [-0.2, 0) is 5.67 Å². The standard InChI is InChI=1S/C18H10ClF7INO/c1-8-7-9(16(20,17(21,22)23)18(24,25)26)5-6-12(8)28-14(19)10-3-2-4-11(27)13(10)15(28)29/h2-7,29H,1H3. The molecule has 0 bridgehead atoms. The van der Waals surface area contributed by atoms with Gasteiger partial charge in [0.05, 0.1) is 11.1 Å². The van der Waals surface area contributed by atoms with Gasteiger partial charge in [0.2, 0.25) is 5.88 Å². The minimum atomic E-state index is -6.21. The number of fused-ring (bicyclic) bond motifs is 1. The van der Waals surface area contributed by atoms with E-state index in [0.29, 0.717) is 26.5 Å².